The summed E-state index contributed by atoms with van der Waals surface area (Å²) >= 11 is 0. The average molecular weight is 330 g/mol. The van der Waals surface area contributed by atoms with Gasteiger partial charge in [0.2, 0.25) is 0 Å². The molecule has 0 radical (unpaired) electrons. The van der Waals surface area contributed by atoms with Crippen molar-refractivity contribution in [3.8, 4) is 0 Å². The summed E-state index contributed by atoms with van der Waals surface area (Å²) in [6.07, 6.45) is 3.13. The Labute approximate surface area is 136 Å². The molecular weight excluding hydrogens is 303 g/mol. The molecule has 1 rings (SSSR count). The third-order valence-electron chi connectivity index (χ3n) is 4.49. The normalized spacial score (nSPS) is 21.6. The monoisotopic (exact) mass is 330 g/mol. The molecule has 1 aliphatic rings. The van der Waals surface area contributed by atoms with E-state index in [-0.39, 0.29) is 19.2 Å². The molecule has 9 heteroatoms. The van der Waals surface area contributed by atoms with Crippen LogP contribution in [-0.2, 0) is 9.59 Å². The van der Waals surface area contributed by atoms with Gasteiger partial charge in [-0.15, -0.1) is 0 Å². The average Bonchev–Trinajstić information content (AvgIpc) is 2.49. The summed E-state index contributed by atoms with van der Waals surface area (Å²) in [4.78, 5) is 24.5. The van der Waals surface area contributed by atoms with Crippen LogP contribution in [-0.4, -0.2) is 69.4 Å². The summed E-state index contributed by atoms with van der Waals surface area (Å²) in [5.41, 5.74) is 4.64. The zero-order chi connectivity index (χ0) is 17.5. The van der Waals surface area contributed by atoms with Crippen LogP contribution in [0, 0.1) is 5.92 Å². The van der Waals surface area contributed by atoms with Gasteiger partial charge in [-0.1, -0.05) is 12.8 Å². The predicted octanol–water partition coefficient (Wildman–Crippen LogP) is -0.402. The number of aliphatic carboxylic acids is 2. The molecule has 6 N–H and O–H groups in total. The van der Waals surface area contributed by atoms with Gasteiger partial charge in [-0.05, 0) is 38.5 Å². The number of likely N-dealkylation sites (tertiary alicyclic amines) is 1. The summed E-state index contributed by atoms with van der Waals surface area (Å²) in [5, 5.41) is 36.0. The van der Waals surface area contributed by atoms with Crippen LogP contribution in [0.5, 0.6) is 0 Å². The highest BCUT2D eigenvalue weighted by Crippen LogP contribution is 2.21. The van der Waals surface area contributed by atoms with Crippen LogP contribution in [0.4, 0.5) is 0 Å². The van der Waals surface area contributed by atoms with Crippen molar-refractivity contribution in [2.45, 2.75) is 50.4 Å². The van der Waals surface area contributed by atoms with Crippen LogP contribution in [0.2, 0.25) is 6.32 Å². The van der Waals surface area contributed by atoms with Crippen LogP contribution in [0.1, 0.15) is 38.5 Å². The van der Waals surface area contributed by atoms with E-state index in [1.165, 1.54) is 0 Å². The van der Waals surface area contributed by atoms with E-state index in [1.54, 1.807) is 0 Å². The molecule has 8 nitrogen and oxygen atoms in total. The summed E-state index contributed by atoms with van der Waals surface area (Å²) in [5.74, 6) is -2.28. The van der Waals surface area contributed by atoms with E-state index in [9.17, 15) is 14.7 Å². The number of carboxylic acid groups (broad SMARTS) is 2. The highest BCUT2D eigenvalue weighted by molar-refractivity contribution is 6.40. The Balaban J connectivity index is 2.45. The number of unbranched alkanes of at least 4 members (excludes halogenated alkanes) is 1. The van der Waals surface area contributed by atoms with Gasteiger partial charge in [-0.3, -0.25) is 9.59 Å². The summed E-state index contributed by atoms with van der Waals surface area (Å²) in [6, 6.07) is 0. The molecule has 23 heavy (non-hydrogen) atoms. The maximum absolute atomic E-state index is 11.5. The molecule has 1 saturated heterocycles. The van der Waals surface area contributed by atoms with Gasteiger partial charge in [0, 0.05) is 13.1 Å². The van der Waals surface area contributed by atoms with Gasteiger partial charge in [0.05, 0.1) is 5.92 Å². The lowest BCUT2D eigenvalue weighted by molar-refractivity contribution is -0.146. The van der Waals surface area contributed by atoms with E-state index in [1.807, 2.05) is 4.90 Å². The SMILES string of the molecule is NC(CCCCB(O)O)(CCN1CCC[C@H](C(=O)O)C1)C(=O)O. The zero-order valence-electron chi connectivity index (χ0n) is 13.4. The van der Waals surface area contributed by atoms with Crippen LogP contribution < -0.4 is 5.73 Å². The minimum absolute atomic E-state index is 0.197. The number of hydrogen-bond acceptors (Lipinski definition) is 6. The van der Waals surface area contributed by atoms with Crippen molar-refractivity contribution in [3.05, 3.63) is 0 Å². The van der Waals surface area contributed by atoms with E-state index in [4.69, 9.17) is 20.9 Å². The van der Waals surface area contributed by atoms with Gasteiger partial charge in [0.25, 0.3) is 0 Å². The molecule has 0 saturated carbocycles. The highest BCUT2D eigenvalue weighted by Gasteiger charge is 2.34. The fourth-order valence-corrected chi connectivity index (χ4v) is 2.92. The standard InChI is InChI=1S/C14H27BN2O6/c16-14(13(20)21,5-1-2-7-15(22)23)6-9-17-8-3-4-11(10-17)12(18)19/h11,22-23H,1-10,16H2,(H,18,19)(H,20,21)/t11-,14?/m0/s1. The van der Waals surface area contributed by atoms with Crippen molar-refractivity contribution in [3.63, 3.8) is 0 Å². The van der Waals surface area contributed by atoms with E-state index in [0.29, 0.717) is 32.4 Å². The second-order valence-corrected chi connectivity index (χ2v) is 6.42. The van der Waals surface area contributed by atoms with Crippen LogP contribution in [0.3, 0.4) is 0 Å². The van der Waals surface area contributed by atoms with Gasteiger partial charge in [0.1, 0.15) is 5.54 Å². The van der Waals surface area contributed by atoms with E-state index >= 15 is 0 Å². The molecule has 1 unspecified atom stereocenters. The Hall–Kier alpha value is -1.16. The molecule has 132 valence electrons. The van der Waals surface area contributed by atoms with Crippen molar-refractivity contribution in [1.29, 1.82) is 0 Å². The fourth-order valence-electron chi connectivity index (χ4n) is 2.92. The van der Waals surface area contributed by atoms with Crippen molar-refractivity contribution in [1.82, 2.24) is 4.90 Å². The van der Waals surface area contributed by atoms with Gasteiger partial charge < -0.3 is 30.9 Å². The molecule has 1 aliphatic heterocycles. The Kier molecular flexibility index (Phi) is 7.97. The lowest BCUT2D eigenvalue weighted by atomic mass is 9.81. The third kappa shape index (κ3) is 6.86. The Bertz CT molecular complexity index is 409. The second-order valence-electron chi connectivity index (χ2n) is 6.42. The zero-order valence-corrected chi connectivity index (χ0v) is 13.4. The maximum Gasteiger partial charge on any atom is 0.451 e. The number of nitrogens with two attached hydrogens (primary N) is 1. The first-order valence-electron chi connectivity index (χ1n) is 8.08. The minimum atomic E-state index is -1.38. The van der Waals surface area contributed by atoms with Crippen molar-refractivity contribution >= 4 is 19.1 Å². The summed E-state index contributed by atoms with van der Waals surface area (Å²) < 4.78 is 0. The summed E-state index contributed by atoms with van der Waals surface area (Å²) in [7, 11) is -1.38. The fraction of sp³-hybridized carbons (Fsp3) is 0.857. The largest absolute Gasteiger partial charge is 0.481 e. The molecule has 0 spiro atoms. The minimum Gasteiger partial charge on any atom is -0.481 e. The molecule has 0 amide bonds. The topological polar surface area (TPSA) is 144 Å². The number of rotatable bonds is 10. The van der Waals surface area contributed by atoms with Gasteiger partial charge in [-0.2, -0.15) is 0 Å². The van der Waals surface area contributed by atoms with Crippen molar-refractivity contribution in [2.24, 2.45) is 11.7 Å². The molecule has 0 bridgehead atoms. The first kappa shape index (κ1) is 19.9. The Morgan fingerprint density at radius 2 is 1.91 bits per heavy atom. The highest BCUT2D eigenvalue weighted by atomic mass is 16.4. The molecule has 0 aromatic carbocycles. The Morgan fingerprint density at radius 3 is 2.48 bits per heavy atom. The second kappa shape index (κ2) is 9.22. The first-order chi connectivity index (χ1) is 10.7. The molecule has 2 atom stereocenters. The smallest absolute Gasteiger partial charge is 0.451 e. The predicted molar refractivity (Wildman–Crippen MR) is 84.8 cm³/mol. The van der Waals surface area contributed by atoms with E-state index in [0.717, 1.165) is 13.0 Å². The molecule has 1 heterocycles. The van der Waals surface area contributed by atoms with Crippen molar-refractivity contribution < 1.29 is 29.9 Å². The number of hydrogen-bond donors (Lipinski definition) is 5. The van der Waals surface area contributed by atoms with E-state index < -0.39 is 30.5 Å². The summed E-state index contributed by atoms with van der Waals surface area (Å²) in [6.45, 7) is 1.65. The molecule has 0 aromatic heterocycles. The lowest BCUT2D eigenvalue weighted by Crippen LogP contribution is -2.51. The maximum atomic E-state index is 11.5. The molecule has 1 fully saturated rings. The molecule has 0 aliphatic carbocycles. The number of carbonyl (C=O) groups is 2. The number of nitrogens with zero attached hydrogens (tertiary/aromatic N) is 1. The first-order valence-corrected chi connectivity index (χ1v) is 8.08. The van der Waals surface area contributed by atoms with Crippen LogP contribution >= 0.6 is 0 Å². The van der Waals surface area contributed by atoms with Gasteiger partial charge >= 0.3 is 19.1 Å². The third-order valence-corrected chi connectivity index (χ3v) is 4.49. The molecular formula is C14H27BN2O6. The van der Waals surface area contributed by atoms with Gasteiger partial charge in [-0.25, -0.2) is 0 Å². The van der Waals surface area contributed by atoms with Gasteiger partial charge in [0.15, 0.2) is 0 Å². The Morgan fingerprint density at radius 1 is 1.22 bits per heavy atom. The van der Waals surface area contributed by atoms with Crippen molar-refractivity contribution in [2.75, 3.05) is 19.6 Å². The lowest BCUT2D eigenvalue weighted by Gasteiger charge is -2.33. The van der Waals surface area contributed by atoms with E-state index in [2.05, 4.69) is 0 Å². The number of carboxylic acids is 2. The van der Waals surface area contributed by atoms with Crippen LogP contribution in [0.25, 0.3) is 0 Å². The number of piperidine rings is 1. The molecule has 0 aromatic rings. The quantitative estimate of drug-likeness (QED) is 0.269. The van der Waals surface area contributed by atoms with Crippen LogP contribution in [0.15, 0.2) is 0 Å².